The van der Waals surface area contributed by atoms with Crippen LogP contribution in [0.15, 0.2) is 0 Å². The van der Waals surface area contributed by atoms with E-state index in [1.165, 1.54) is 32.1 Å². The molecule has 3 heteroatoms. The molecular weight excluding hydrogens is 190 g/mol. The van der Waals surface area contributed by atoms with E-state index in [1.807, 2.05) is 6.92 Å². The average Bonchev–Trinajstić information content (AvgIpc) is 2.51. The summed E-state index contributed by atoms with van der Waals surface area (Å²) >= 11 is 0. The van der Waals surface area contributed by atoms with Crippen molar-refractivity contribution >= 4 is 5.97 Å². The van der Waals surface area contributed by atoms with Gasteiger partial charge in [-0.05, 0) is 32.1 Å². The Bertz CT molecular complexity index is 216. The largest absolute Gasteiger partial charge is 0.465 e. The minimum absolute atomic E-state index is 0.0296. The van der Waals surface area contributed by atoms with E-state index < -0.39 is 0 Å². The number of rotatable bonds is 2. The highest BCUT2D eigenvalue weighted by molar-refractivity contribution is 5.76. The lowest BCUT2D eigenvalue weighted by atomic mass is 9.94. The van der Waals surface area contributed by atoms with E-state index in [-0.39, 0.29) is 12.0 Å². The van der Waals surface area contributed by atoms with Crippen LogP contribution in [-0.2, 0) is 9.53 Å². The summed E-state index contributed by atoms with van der Waals surface area (Å²) < 4.78 is 5.06. The van der Waals surface area contributed by atoms with E-state index in [1.54, 1.807) is 0 Å². The van der Waals surface area contributed by atoms with Crippen molar-refractivity contribution in [2.75, 3.05) is 6.61 Å². The van der Waals surface area contributed by atoms with Gasteiger partial charge >= 0.3 is 5.97 Å². The molecule has 0 aromatic heterocycles. The van der Waals surface area contributed by atoms with Gasteiger partial charge in [0.15, 0.2) is 0 Å². The van der Waals surface area contributed by atoms with E-state index >= 15 is 0 Å². The molecule has 15 heavy (non-hydrogen) atoms. The zero-order valence-electron chi connectivity index (χ0n) is 9.50. The van der Waals surface area contributed by atoms with Gasteiger partial charge in [-0.15, -0.1) is 0 Å². The number of carbonyl (C=O) groups is 1. The van der Waals surface area contributed by atoms with Crippen LogP contribution in [0, 0.1) is 5.92 Å². The Hall–Kier alpha value is -0.570. The molecule has 1 saturated heterocycles. The van der Waals surface area contributed by atoms with E-state index in [2.05, 4.69) is 5.32 Å². The topological polar surface area (TPSA) is 38.3 Å². The molecule has 2 rings (SSSR count). The van der Waals surface area contributed by atoms with Gasteiger partial charge in [0.1, 0.15) is 6.04 Å². The number of carbonyl (C=O) groups excluding carboxylic acids is 1. The van der Waals surface area contributed by atoms with Gasteiger partial charge in [0.05, 0.1) is 6.61 Å². The first-order valence-electron chi connectivity index (χ1n) is 6.24. The fraction of sp³-hybridized carbons (Fsp3) is 0.917. The van der Waals surface area contributed by atoms with Crippen LogP contribution in [0.3, 0.4) is 0 Å². The van der Waals surface area contributed by atoms with Crippen LogP contribution in [0.4, 0.5) is 0 Å². The molecule has 0 aromatic rings. The van der Waals surface area contributed by atoms with Crippen molar-refractivity contribution < 1.29 is 9.53 Å². The molecule has 2 aliphatic rings. The standard InChI is InChI=1S/C12H21NO2/c1-2-15-12(14)11-8-9-6-4-3-5-7-10(9)13-11/h9-11,13H,2-8H2,1H3. The molecule has 3 atom stereocenters. The highest BCUT2D eigenvalue weighted by Crippen LogP contribution is 2.32. The number of ether oxygens (including phenoxy) is 1. The molecule has 0 aromatic carbocycles. The van der Waals surface area contributed by atoms with Crippen molar-refractivity contribution in [3.8, 4) is 0 Å². The maximum Gasteiger partial charge on any atom is 0.323 e. The number of esters is 1. The Morgan fingerprint density at radius 3 is 2.93 bits per heavy atom. The first kappa shape index (κ1) is 10.9. The molecule has 0 radical (unpaired) electrons. The minimum atomic E-state index is -0.0504. The summed E-state index contributed by atoms with van der Waals surface area (Å²) in [7, 11) is 0. The predicted molar refractivity (Wildman–Crippen MR) is 58.5 cm³/mol. The smallest absolute Gasteiger partial charge is 0.323 e. The molecule has 0 bridgehead atoms. The summed E-state index contributed by atoms with van der Waals surface area (Å²) in [6, 6.07) is 0.542. The SMILES string of the molecule is CCOC(=O)C1CC2CCCCCC2N1. The van der Waals surface area contributed by atoms with Gasteiger partial charge in [0.25, 0.3) is 0 Å². The van der Waals surface area contributed by atoms with Gasteiger partial charge in [-0.3, -0.25) is 4.79 Å². The molecule has 3 unspecified atom stereocenters. The zero-order valence-corrected chi connectivity index (χ0v) is 9.50. The number of nitrogens with one attached hydrogen (secondary N) is 1. The van der Waals surface area contributed by atoms with E-state index in [0.717, 1.165) is 6.42 Å². The number of fused-ring (bicyclic) bond motifs is 1. The highest BCUT2D eigenvalue weighted by Gasteiger charge is 2.37. The Morgan fingerprint density at radius 1 is 1.33 bits per heavy atom. The maximum absolute atomic E-state index is 11.6. The molecule has 1 aliphatic heterocycles. The third-order valence-corrected chi connectivity index (χ3v) is 3.68. The minimum Gasteiger partial charge on any atom is -0.465 e. The van der Waals surface area contributed by atoms with Gasteiger partial charge in [-0.1, -0.05) is 19.3 Å². The molecule has 2 fully saturated rings. The number of hydrogen-bond acceptors (Lipinski definition) is 3. The first-order valence-corrected chi connectivity index (χ1v) is 6.24. The first-order chi connectivity index (χ1) is 7.31. The molecule has 0 spiro atoms. The third kappa shape index (κ3) is 2.51. The predicted octanol–water partition coefficient (Wildman–Crippen LogP) is 1.86. The second-order valence-corrected chi connectivity index (χ2v) is 4.71. The molecule has 0 amide bonds. The van der Waals surface area contributed by atoms with Gasteiger partial charge in [0.2, 0.25) is 0 Å². The van der Waals surface area contributed by atoms with Crippen LogP contribution in [0.25, 0.3) is 0 Å². The molecule has 86 valence electrons. The molecule has 1 saturated carbocycles. The van der Waals surface area contributed by atoms with Gasteiger partial charge < -0.3 is 10.1 Å². The van der Waals surface area contributed by atoms with E-state index in [9.17, 15) is 4.79 Å². The molecule has 1 N–H and O–H groups in total. The molecule has 1 aliphatic carbocycles. The lowest BCUT2D eigenvalue weighted by Gasteiger charge is -2.14. The lowest BCUT2D eigenvalue weighted by Crippen LogP contribution is -2.37. The van der Waals surface area contributed by atoms with Crippen LogP contribution >= 0.6 is 0 Å². The van der Waals surface area contributed by atoms with E-state index in [4.69, 9.17) is 4.74 Å². The van der Waals surface area contributed by atoms with Crippen LogP contribution in [0.1, 0.15) is 45.4 Å². The number of hydrogen-bond donors (Lipinski definition) is 1. The zero-order chi connectivity index (χ0) is 10.7. The van der Waals surface area contributed by atoms with Crippen molar-refractivity contribution in [2.45, 2.75) is 57.5 Å². The highest BCUT2D eigenvalue weighted by atomic mass is 16.5. The normalized spacial score (nSPS) is 35.7. The van der Waals surface area contributed by atoms with Crippen molar-refractivity contribution in [3.63, 3.8) is 0 Å². The van der Waals surface area contributed by atoms with Gasteiger partial charge in [-0.25, -0.2) is 0 Å². The van der Waals surface area contributed by atoms with Crippen molar-refractivity contribution in [1.82, 2.24) is 5.32 Å². The maximum atomic E-state index is 11.6. The van der Waals surface area contributed by atoms with Crippen LogP contribution in [-0.4, -0.2) is 24.7 Å². The summed E-state index contributed by atoms with van der Waals surface area (Å²) in [4.78, 5) is 11.6. The average molecular weight is 211 g/mol. The van der Waals surface area contributed by atoms with Crippen molar-refractivity contribution in [3.05, 3.63) is 0 Å². The van der Waals surface area contributed by atoms with Crippen LogP contribution in [0.2, 0.25) is 0 Å². The van der Waals surface area contributed by atoms with Crippen LogP contribution in [0.5, 0.6) is 0 Å². The van der Waals surface area contributed by atoms with Crippen LogP contribution < -0.4 is 5.32 Å². The summed E-state index contributed by atoms with van der Waals surface area (Å²) in [6.07, 6.45) is 7.51. The Labute approximate surface area is 91.6 Å². The summed E-state index contributed by atoms with van der Waals surface area (Å²) in [5.74, 6) is 0.660. The summed E-state index contributed by atoms with van der Waals surface area (Å²) in [5.41, 5.74) is 0. The monoisotopic (exact) mass is 211 g/mol. The second kappa shape index (κ2) is 4.97. The fourth-order valence-corrected chi connectivity index (χ4v) is 2.92. The molecular formula is C12H21NO2. The third-order valence-electron chi connectivity index (χ3n) is 3.68. The Morgan fingerprint density at radius 2 is 2.13 bits per heavy atom. The summed E-state index contributed by atoms with van der Waals surface area (Å²) in [6.45, 7) is 2.36. The summed E-state index contributed by atoms with van der Waals surface area (Å²) in [5, 5.41) is 3.44. The van der Waals surface area contributed by atoms with Crippen molar-refractivity contribution in [2.24, 2.45) is 5.92 Å². The lowest BCUT2D eigenvalue weighted by molar-refractivity contribution is -0.145. The molecule has 3 nitrogen and oxygen atoms in total. The Kier molecular flexibility index (Phi) is 3.62. The van der Waals surface area contributed by atoms with Gasteiger partial charge in [-0.2, -0.15) is 0 Å². The van der Waals surface area contributed by atoms with Crippen molar-refractivity contribution in [1.29, 1.82) is 0 Å². The Balaban J connectivity index is 1.90. The quantitative estimate of drug-likeness (QED) is 0.708. The van der Waals surface area contributed by atoms with Gasteiger partial charge in [0, 0.05) is 6.04 Å². The molecule has 1 heterocycles. The fourth-order valence-electron chi connectivity index (χ4n) is 2.92. The van der Waals surface area contributed by atoms with E-state index in [0.29, 0.717) is 18.6 Å². The second-order valence-electron chi connectivity index (χ2n) is 4.71.